The summed E-state index contributed by atoms with van der Waals surface area (Å²) in [5, 5.41) is 5.68. The van der Waals surface area contributed by atoms with Crippen LogP contribution >= 0.6 is 11.8 Å². The zero-order chi connectivity index (χ0) is 14.8. The van der Waals surface area contributed by atoms with Crippen LogP contribution in [0.4, 0.5) is 0 Å². The third-order valence-electron chi connectivity index (χ3n) is 3.72. The molecule has 1 aromatic carbocycles. The third-order valence-corrected chi connectivity index (χ3v) is 4.66. The molecule has 5 nitrogen and oxygen atoms in total. The number of amides is 1. The van der Waals surface area contributed by atoms with E-state index in [4.69, 9.17) is 0 Å². The monoisotopic (exact) mass is 303 g/mol. The number of aromatic nitrogens is 2. The summed E-state index contributed by atoms with van der Waals surface area (Å²) in [7, 11) is 1.63. The van der Waals surface area contributed by atoms with Gasteiger partial charge >= 0.3 is 0 Å². The van der Waals surface area contributed by atoms with E-state index in [1.54, 1.807) is 13.1 Å². The molecule has 1 amide bonds. The van der Waals surface area contributed by atoms with Crippen LogP contribution in [0.25, 0.3) is 10.8 Å². The van der Waals surface area contributed by atoms with Crippen molar-refractivity contribution in [2.24, 2.45) is 7.05 Å². The smallest absolute Gasteiger partial charge is 0.274 e. The molecule has 0 radical (unpaired) electrons. The fourth-order valence-corrected chi connectivity index (χ4v) is 3.48. The van der Waals surface area contributed by atoms with Gasteiger partial charge in [-0.25, -0.2) is 4.68 Å². The molecule has 1 aliphatic heterocycles. The van der Waals surface area contributed by atoms with Crippen LogP contribution in [0.15, 0.2) is 29.1 Å². The van der Waals surface area contributed by atoms with Crippen LogP contribution in [-0.4, -0.2) is 45.2 Å². The minimum absolute atomic E-state index is 0.0894. The Labute approximate surface area is 126 Å². The number of aryl methyl sites for hydroxylation is 1. The largest absolute Gasteiger partial charge is 0.341 e. The van der Waals surface area contributed by atoms with Gasteiger partial charge in [0.2, 0.25) is 5.91 Å². The van der Waals surface area contributed by atoms with Crippen molar-refractivity contribution >= 4 is 28.4 Å². The highest BCUT2D eigenvalue weighted by Crippen LogP contribution is 2.16. The highest BCUT2D eigenvalue weighted by Gasteiger charge is 2.19. The first kappa shape index (κ1) is 14.1. The van der Waals surface area contributed by atoms with Crippen LogP contribution in [0, 0.1) is 0 Å². The summed E-state index contributed by atoms with van der Waals surface area (Å²) < 4.78 is 1.32. The molecule has 0 bridgehead atoms. The van der Waals surface area contributed by atoms with Gasteiger partial charge in [0.15, 0.2) is 0 Å². The van der Waals surface area contributed by atoms with E-state index in [0.717, 1.165) is 30.0 Å². The van der Waals surface area contributed by atoms with Crippen LogP contribution < -0.4 is 5.56 Å². The molecule has 1 aromatic heterocycles. The van der Waals surface area contributed by atoms with Crippen LogP contribution in [0.2, 0.25) is 0 Å². The van der Waals surface area contributed by atoms with Crippen LogP contribution in [0.3, 0.4) is 0 Å². The van der Waals surface area contributed by atoms with Gasteiger partial charge in [-0.15, -0.1) is 0 Å². The van der Waals surface area contributed by atoms with E-state index in [1.807, 2.05) is 34.9 Å². The third kappa shape index (κ3) is 2.81. The van der Waals surface area contributed by atoms with Gasteiger partial charge in [0, 0.05) is 37.0 Å². The van der Waals surface area contributed by atoms with Crippen molar-refractivity contribution < 1.29 is 4.79 Å². The normalized spacial score (nSPS) is 15.4. The van der Waals surface area contributed by atoms with Crippen molar-refractivity contribution in [3.63, 3.8) is 0 Å². The van der Waals surface area contributed by atoms with Crippen molar-refractivity contribution in [3.8, 4) is 0 Å². The predicted molar refractivity (Wildman–Crippen MR) is 84.6 cm³/mol. The molecule has 0 aliphatic carbocycles. The van der Waals surface area contributed by atoms with Crippen LogP contribution in [0.5, 0.6) is 0 Å². The van der Waals surface area contributed by atoms with Gasteiger partial charge in [0.1, 0.15) is 0 Å². The molecule has 0 atom stereocenters. The molecule has 110 valence electrons. The molecule has 2 heterocycles. The predicted octanol–water partition coefficient (Wildman–Crippen LogP) is 1.05. The van der Waals surface area contributed by atoms with E-state index in [9.17, 15) is 9.59 Å². The molecule has 6 heteroatoms. The first-order chi connectivity index (χ1) is 10.2. The van der Waals surface area contributed by atoms with Gasteiger partial charge in [-0.2, -0.15) is 16.9 Å². The molecule has 0 spiro atoms. The molecular weight excluding hydrogens is 286 g/mol. The molecule has 0 N–H and O–H groups in total. The van der Waals surface area contributed by atoms with Gasteiger partial charge in [0.25, 0.3) is 5.56 Å². The summed E-state index contributed by atoms with van der Waals surface area (Å²) in [4.78, 5) is 26.4. The average Bonchev–Trinajstić information content (AvgIpc) is 2.53. The highest BCUT2D eigenvalue weighted by molar-refractivity contribution is 7.99. The van der Waals surface area contributed by atoms with E-state index in [2.05, 4.69) is 5.10 Å². The van der Waals surface area contributed by atoms with Gasteiger partial charge < -0.3 is 4.90 Å². The highest BCUT2D eigenvalue weighted by atomic mass is 32.2. The lowest BCUT2D eigenvalue weighted by Gasteiger charge is -2.26. The fraction of sp³-hybridized carbons (Fsp3) is 0.400. The maximum absolute atomic E-state index is 12.4. The number of hydrogen-bond acceptors (Lipinski definition) is 4. The molecule has 1 aliphatic rings. The minimum atomic E-state index is -0.129. The lowest BCUT2D eigenvalue weighted by molar-refractivity contribution is -0.130. The second-order valence-electron chi connectivity index (χ2n) is 5.09. The van der Waals surface area contributed by atoms with E-state index in [1.165, 1.54) is 4.68 Å². The molecule has 0 saturated carbocycles. The second kappa shape index (κ2) is 5.89. The topological polar surface area (TPSA) is 55.2 Å². The number of hydrogen-bond donors (Lipinski definition) is 0. The maximum atomic E-state index is 12.4. The van der Waals surface area contributed by atoms with E-state index in [-0.39, 0.29) is 17.9 Å². The van der Waals surface area contributed by atoms with Crippen molar-refractivity contribution in [2.75, 3.05) is 24.6 Å². The zero-order valence-corrected chi connectivity index (χ0v) is 12.7. The SMILES string of the molecule is Cn1nc(CC(=O)N2CCSCC2)c2ccccc2c1=O. The average molecular weight is 303 g/mol. The minimum Gasteiger partial charge on any atom is -0.341 e. The number of thioether (sulfide) groups is 1. The summed E-state index contributed by atoms with van der Waals surface area (Å²) in [6.07, 6.45) is 0.249. The van der Waals surface area contributed by atoms with Crippen molar-refractivity contribution in [1.29, 1.82) is 0 Å². The zero-order valence-electron chi connectivity index (χ0n) is 11.9. The number of carbonyl (C=O) groups excluding carboxylic acids is 1. The number of nitrogens with zero attached hydrogens (tertiary/aromatic N) is 3. The Bertz CT molecular complexity index is 735. The van der Waals surface area contributed by atoms with Gasteiger partial charge in [-0.1, -0.05) is 18.2 Å². The van der Waals surface area contributed by atoms with Crippen LogP contribution in [0.1, 0.15) is 5.69 Å². The van der Waals surface area contributed by atoms with E-state index in [0.29, 0.717) is 11.1 Å². The number of carbonyl (C=O) groups is 1. The summed E-state index contributed by atoms with van der Waals surface area (Å²) in [6, 6.07) is 7.34. The Balaban J connectivity index is 1.95. The van der Waals surface area contributed by atoms with Crippen LogP contribution in [-0.2, 0) is 18.3 Å². The van der Waals surface area contributed by atoms with E-state index < -0.39 is 0 Å². The van der Waals surface area contributed by atoms with Gasteiger partial charge in [-0.05, 0) is 6.07 Å². The van der Waals surface area contributed by atoms with E-state index >= 15 is 0 Å². The summed E-state index contributed by atoms with van der Waals surface area (Å²) >= 11 is 1.87. The number of benzene rings is 1. The Morgan fingerprint density at radius 2 is 1.90 bits per heavy atom. The fourth-order valence-electron chi connectivity index (χ4n) is 2.57. The molecule has 0 unspecified atom stereocenters. The van der Waals surface area contributed by atoms with Gasteiger partial charge in [-0.3, -0.25) is 9.59 Å². The first-order valence-electron chi connectivity index (χ1n) is 6.97. The lowest BCUT2D eigenvalue weighted by Crippen LogP contribution is -2.39. The molecule has 3 rings (SSSR count). The van der Waals surface area contributed by atoms with Crippen molar-refractivity contribution in [1.82, 2.24) is 14.7 Å². The Morgan fingerprint density at radius 1 is 1.24 bits per heavy atom. The molecular formula is C15H17N3O2S. The number of rotatable bonds is 2. The lowest BCUT2D eigenvalue weighted by atomic mass is 10.1. The Kier molecular flexibility index (Phi) is 3.96. The summed E-state index contributed by atoms with van der Waals surface area (Å²) in [5.74, 6) is 2.08. The van der Waals surface area contributed by atoms with Gasteiger partial charge in [0.05, 0.1) is 17.5 Å². The summed E-state index contributed by atoms with van der Waals surface area (Å²) in [5.41, 5.74) is 0.548. The Morgan fingerprint density at radius 3 is 2.62 bits per heavy atom. The quantitative estimate of drug-likeness (QED) is 0.832. The second-order valence-corrected chi connectivity index (χ2v) is 6.32. The first-order valence-corrected chi connectivity index (χ1v) is 8.13. The molecule has 1 fully saturated rings. The standard InChI is InChI=1S/C15H17N3O2S/c1-17-15(20)12-5-3-2-4-11(12)13(16-17)10-14(19)18-6-8-21-9-7-18/h2-5H,6-10H2,1H3. The number of fused-ring (bicyclic) bond motifs is 1. The maximum Gasteiger partial charge on any atom is 0.274 e. The van der Waals surface area contributed by atoms with Crippen molar-refractivity contribution in [3.05, 3.63) is 40.3 Å². The molecule has 1 saturated heterocycles. The summed E-state index contributed by atoms with van der Waals surface area (Å²) in [6.45, 7) is 1.60. The Hall–Kier alpha value is -1.82. The van der Waals surface area contributed by atoms with Crippen molar-refractivity contribution in [2.45, 2.75) is 6.42 Å². The molecule has 21 heavy (non-hydrogen) atoms. The molecule has 2 aromatic rings.